The maximum absolute atomic E-state index is 11.9. The summed E-state index contributed by atoms with van der Waals surface area (Å²) in [5, 5.41) is 0. The normalized spacial score (nSPS) is 20.9. The predicted molar refractivity (Wildman–Crippen MR) is 75.9 cm³/mol. The molecule has 4 nitrogen and oxygen atoms in total. The molecule has 1 aliphatic rings. The van der Waals surface area contributed by atoms with E-state index in [1.165, 1.54) is 6.42 Å². The van der Waals surface area contributed by atoms with Crippen LogP contribution in [-0.2, 0) is 4.79 Å². The molecule has 0 heterocycles. The number of benzene rings is 1. The van der Waals surface area contributed by atoms with Crippen LogP contribution in [-0.4, -0.2) is 31.0 Å². The summed E-state index contributed by atoms with van der Waals surface area (Å²) >= 11 is 0. The number of rotatable bonds is 6. The number of nitrogens with two attached hydrogens (primary N) is 1. The maximum atomic E-state index is 11.9. The fraction of sp³-hybridized carbons (Fsp3) is 0.533. The van der Waals surface area contributed by atoms with Gasteiger partial charge in [0.05, 0.1) is 13.0 Å². The molecule has 0 spiro atoms. The van der Waals surface area contributed by atoms with Crippen molar-refractivity contribution in [3.05, 3.63) is 24.3 Å². The highest BCUT2D eigenvalue weighted by Gasteiger charge is 2.33. The zero-order valence-electron chi connectivity index (χ0n) is 11.6. The van der Waals surface area contributed by atoms with Gasteiger partial charge in [-0.25, -0.2) is 0 Å². The van der Waals surface area contributed by atoms with Crippen molar-refractivity contribution >= 4 is 11.6 Å². The van der Waals surface area contributed by atoms with Crippen LogP contribution in [0.25, 0.3) is 0 Å². The lowest BCUT2D eigenvalue weighted by Gasteiger charge is -2.17. The molecule has 1 amide bonds. The first kappa shape index (κ1) is 13.7. The van der Waals surface area contributed by atoms with Crippen LogP contribution < -0.4 is 10.5 Å². The second-order valence-corrected chi connectivity index (χ2v) is 5.42. The van der Waals surface area contributed by atoms with Crippen LogP contribution in [0.2, 0.25) is 0 Å². The van der Waals surface area contributed by atoms with Crippen molar-refractivity contribution in [3.8, 4) is 5.75 Å². The summed E-state index contributed by atoms with van der Waals surface area (Å²) in [6, 6.07) is 7.26. The van der Waals surface area contributed by atoms with Crippen molar-refractivity contribution in [2.24, 2.45) is 11.8 Å². The number of carbonyl (C=O) groups excluding carboxylic acids is 1. The first-order chi connectivity index (χ1) is 9.06. The Morgan fingerprint density at radius 2 is 2.26 bits per heavy atom. The van der Waals surface area contributed by atoms with Gasteiger partial charge < -0.3 is 15.4 Å². The number of nitrogen functional groups attached to an aromatic ring is 1. The van der Waals surface area contributed by atoms with E-state index in [0.717, 1.165) is 12.5 Å². The Balaban J connectivity index is 1.68. The highest BCUT2D eigenvalue weighted by Crippen LogP contribution is 2.37. The second-order valence-electron chi connectivity index (χ2n) is 5.42. The molecule has 1 saturated carbocycles. The monoisotopic (exact) mass is 262 g/mol. The fourth-order valence-corrected chi connectivity index (χ4v) is 2.16. The first-order valence-electron chi connectivity index (χ1n) is 6.78. The van der Waals surface area contributed by atoms with Crippen LogP contribution in [0.4, 0.5) is 5.69 Å². The molecule has 1 fully saturated rings. The van der Waals surface area contributed by atoms with Gasteiger partial charge in [0.25, 0.3) is 0 Å². The lowest BCUT2D eigenvalue weighted by Crippen LogP contribution is -2.30. The molecule has 0 aromatic heterocycles. The summed E-state index contributed by atoms with van der Waals surface area (Å²) in [7, 11) is 1.87. The summed E-state index contributed by atoms with van der Waals surface area (Å²) in [6.07, 6.45) is 1.66. The quantitative estimate of drug-likeness (QED) is 0.799. The van der Waals surface area contributed by atoms with E-state index in [1.54, 1.807) is 6.07 Å². The van der Waals surface area contributed by atoms with Gasteiger partial charge in [0.1, 0.15) is 5.75 Å². The van der Waals surface area contributed by atoms with Gasteiger partial charge in [0.15, 0.2) is 0 Å². The SMILES string of the molecule is CC1CC1CN(C)C(=O)CCOc1cccc(N)c1. The summed E-state index contributed by atoms with van der Waals surface area (Å²) in [6.45, 7) is 3.50. The Morgan fingerprint density at radius 3 is 2.89 bits per heavy atom. The molecule has 0 bridgehead atoms. The highest BCUT2D eigenvalue weighted by molar-refractivity contribution is 5.76. The zero-order valence-corrected chi connectivity index (χ0v) is 11.6. The van der Waals surface area contributed by atoms with Crippen LogP contribution in [0, 0.1) is 11.8 Å². The Hall–Kier alpha value is -1.71. The third kappa shape index (κ3) is 4.16. The van der Waals surface area contributed by atoms with Gasteiger partial charge in [0, 0.05) is 25.3 Å². The Labute approximate surface area is 114 Å². The van der Waals surface area contributed by atoms with E-state index in [-0.39, 0.29) is 5.91 Å². The van der Waals surface area contributed by atoms with Crippen molar-refractivity contribution in [2.75, 3.05) is 25.9 Å². The maximum Gasteiger partial charge on any atom is 0.225 e. The van der Waals surface area contributed by atoms with Crippen LogP contribution in [0.3, 0.4) is 0 Å². The average molecular weight is 262 g/mol. The van der Waals surface area contributed by atoms with Crippen LogP contribution in [0.1, 0.15) is 19.8 Å². The summed E-state index contributed by atoms with van der Waals surface area (Å²) in [5.74, 6) is 2.33. The van der Waals surface area contributed by atoms with Gasteiger partial charge in [-0.1, -0.05) is 13.0 Å². The molecule has 1 aromatic rings. The number of ether oxygens (including phenoxy) is 1. The van der Waals surface area contributed by atoms with Gasteiger partial charge >= 0.3 is 0 Å². The van der Waals surface area contributed by atoms with E-state index in [2.05, 4.69) is 6.92 Å². The summed E-state index contributed by atoms with van der Waals surface area (Å²) in [4.78, 5) is 13.7. The highest BCUT2D eigenvalue weighted by atomic mass is 16.5. The van der Waals surface area contributed by atoms with Gasteiger partial charge in [-0.3, -0.25) is 4.79 Å². The van der Waals surface area contributed by atoms with E-state index in [9.17, 15) is 4.79 Å². The Kier molecular flexibility index (Phi) is 4.30. The van der Waals surface area contributed by atoms with Crippen molar-refractivity contribution in [3.63, 3.8) is 0 Å². The average Bonchev–Trinajstić information content (AvgIpc) is 3.04. The van der Waals surface area contributed by atoms with Crippen LogP contribution in [0.15, 0.2) is 24.3 Å². The molecule has 2 atom stereocenters. The second kappa shape index (κ2) is 5.95. The third-order valence-corrected chi connectivity index (χ3v) is 3.65. The van der Waals surface area contributed by atoms with E-state index < -0.39 is 0 Å². The van der Waals surface area contributed by atoms with Gasteiger partial charge in [-0.2, -0.15) is 0 Å². The molecule has 4 heteroatoms. The Morgan fingerprint density at radius 1 is 1.53 bits per heavy atom. The standard InChI is InChI=1S/C15H22N2O2/c1-11-8-12(11)10-17(2)15(18)6-7-19-14-5-3-4-13(16)9-14/h3-5,9,11-12H,6-8,10,16H2,1-2H3. The molecule has 1 aliphatic carbocycles. The number of hydrogen-bond acceptors (Lipinski definition) is 3. The molecule has 2 rings (SSSR count). The lowest BCUT2D eigenvalue weighted by molar-refractivity contribution is -0.130. The zero-order chi connectivity index (χ0) is 13.8. The van der Waals surface area contributed by atoms with Crippen LogP contribution in [0.5, 0.6) is 5.75 Å². The van der Waals surface area contributed by atoms with Gasteiger partial charge in [0.2, 0.25) is 5.91 Å². The third-order valence-electron chi connectivity index (χ3n) is 3.65. The summed E-state index contributed by atoms with van der Waals surface area (Å²) in [5.41, 5.74) is 6.33. The number of anilines is 1. The van der Waals surface area contributed by atoms with Crippen molar-refractivity contribution in [2.45, 2.75) is 19.8 Å². The minimum Gasteiger partial charge on any atom is -0.493 e. The lowest BCUT2D eigenvalue weighted by atomic mass is 10.3. The summed E-state index contributed by atoms with van der Waals surface area (Å²) < 4.78 is 5.52. The van der Waals surface area contributed by atoms with Gasteiger partial charge in [-0.15, -0.1) is 0 Å². The predicted octanol–water partition coefficient (Wildman–Crippen LogP) is 2.15. The van der Waals surface area contributed by atoms with E-state index in [1.807, 2.05) is 30.1 Å². The largest absolute Gasteiger partial charge is 0.493 e. The molecule has 0 radical (unpaired) electrons. The molecule has 0 aliphatic heterocycles. The van der Waals surface area contributed by atoms with Crippen molar-refractivity contribution < 1.29 is 9.53 Å². The topological polar surface area (TPSA) is 55.6 Å². The molecular weight excluding hydrogens is 240 g/mol. The van der Waals surface area contributed by atoms with E-state index in [0.29, 0.717) is 30.4 Å². The molecule has 19 heavy (non-hydrogen) atoms. The number of carbonyl (C=O) groups is 1. The number of amides is 1. The van der Waals surface area contributed by atoms with E-state index in [4.69, 9.17) is 10.5 Å². The van der Waals surface area contributed by atoms with Gasteiger partial charge in [-0.05, 0) is 30.4 Å². The van der Waals surface area contributed by atoms with E-state index >= 15 is 0 Å². The first-order valence-corrected chi connectivity index (χ1v) is 6.78. The van der Waals surface area contributed by atoms with Crippen LogP contribution >= 0.6 is 0 Å². The minimum atomic E-state index is 0.142. The molecule has 2 unspecified atom stereocenters. The molecule has 2 N–H and O–H groups in total. The number of nitrogens with zero attached hydrogens (tertiary/aromatic N) is 1. The molecular formula is C15H22N2O2. The Bertz CT molecular complexity index is 448. The fourth-order valence-electron chi connectivity index (χ4n) is 2.16. The minimum absolute atomic E-state index is 0.142. The van der Waals surface area contributed by atoms with Crippen molar-refractivity contribution in [1.29, 1.82) is 0 Å². The smallest absolute Gasteiger partial charge is 0.225 e. The molecule has 104 valence electrons. The molecule has 1 aromatic carbocycles. The molecule has 0 saturated heterocycles. The number of hydrogen-bond donors (Lipinski definition) is 1. The van der Waals surface area contributed by atoms with Crippen molar-refractivity contribution in [1.82, 2.24) is 4.90 Å².